The zero-order valence-electron chi connectivity index (χ0n) is 8.89. The van der Waals surface area contributed by atoms with Gasteiger partial charge in [-0.15, -0.1) is 0 Å². The third kappa shape index (κ3) is 1.02. The molecule has 1 aliphatic heterocycles. The number of hydrogen-bond donors (Lipinski definition) is 0. The van der Waals surface area contributed by atoms with Gasteiger partial charge in [-0.05, 0) is 37.0 Å². The summed E-state index contributed by atoms with van der Waals surface area (Å²) in [6, 6.07) is 0. The Balaban J connectivity index is 1.57. The van der Waals surface area contributed by atoms with E-state index in [4.69, 9.17) is 9.47 Å². The Morgan fingerprint density at radius 1 is 1.27 bits per heavy atom. The fourth-order valence-corrected chi connectivity index (χ4v) is 4.60. The van der Waals surface area contributed by atoms with Crippen molar-refractivity contribution < 1.29 is 14.3 Å². The minimum absolute atomic E-state index is 0.115. The van der Waals surface area contributed by atoms with E-state index in [-0.39, 0.29) is 12.1 Å². The van der Waals surface area contributed by atoms with Crippen molar-refractivity contribution in [3.8, 4) is 0 Å². The summed E-state index contributed by atoms with van der Waals surface area (Å²) in [4.78, 5) is 11.0. The molecule has 82 valence electrons. The van der Waals surface area contributed by atoms with Gasteiger partial charge in [0.25, 0.3) is 0 Å². The summed E-state index contributed by atoms with van der Waals surface area (Å²) in [5.41, 5.74) is 0. The summed E-state index contributed by atoms with van der Waals surface area (Å²) in [6.07, 6.45) is 4.98. The molecular formula is C12H16O3. The van der Waals surface area contributed by atoms with Gasteiger partial charge in [-0.25, -0.2) is 0 Å². The maximum atomic E-state index is 11.0. The van der Waals surface area contributed by atoms with E-state index in [0.717, 1.165) is 24.2 Å². The van der Waals surface area contributed by atoms with Gasteiger partial charge in [0.1, 0.15) is 6.10 Å². The summed E-state index contributed by atoms with van der Waals surface area (Å²) < 4.78 is 11.1. The lowest BCUT2D eigenvalue weighted by molar-refractivity contribution is -0.150. The number of carbonyl (C=O) groups excluding carboxylic acids is 1. The van der Waals surface area contributed by atoms with Crippen molar-refractivity contribution in [1.29, 1.82) is 0 Å². The molecule has 4 fully saturated rings. The first kappa shape index (κ1) is 8.57. The van der Waals surface area contributed by atoms with Crippen molar-refractivity contribution >= 4 is 5.97 Å². The van der Waals surface area contributed by atoms with E-state index in [2.05, 4.69) is 0 Å². The van der Waals surface area contributed by atoms with Crippen molar-refractivity contribution in [2.45, 2.75) is 44.5 Å². The standard InChI is InChI=1S/C12H16O3/c1-5(13)14-9-3-6-2-8(9)11-7(6)4-10-12(11)15-10/h6-12H,2-4H2,1H3/t6-,7-,8-,9+,10+,11+,12+/m0/s1. The lowest BCUT2D eigenvalue weighted by Crippen LogP contribution is -2.34. The average molecular weight is 208 g/mol. The molecule has 0 aromatic heterocycles. The molecule has 15 heavy (non-hydrogen) atoms. The fraction of sp³-hybridized carbons (Fsp3) is 0.917. The van der Waals surface area contributed by atoms with Crippen molar-refractivity contribution in [2.75, 3.05) is 0 Å². The van der Waals surface area contributed by atoms with Crippen LogP contribution in [0.2, 0.25) is 0 Å². The Morgan fingerprint density at radius 3 is 2.93 bits per heavy atom. The lowest BCUT2D eigenvalue weighted by atomic mass is 9.79. The summed E-state index contributed by atoms with van der Waals surface area (Å²) in [6.45, 7) is 1.52. The van der Waals surface area contributed by atoms with Crippen molar-refractivity contribution in [3.05, 3.63) is 0 Å². The minimum atomic E-state index is -0.115. The number of esters is 1. The largest absolute Gasteiger partial charge is 0.462 e. The first-order valence-corrected chi connectivity index (χ1v) is 6.06. The Hall–Kier alpha value is -0.570. The summed E-state index contributed by atoms with van der Waals surface area (Å²) in [7, 11) is 0. The van der Waals surface area contributed by atoms with Crippen molar-refractivity contribution in [1.82, 2.24) is 0 Å². The summed E-state index contributed by atoms with van der Waals surface area (Å²) >= 11 is 0. The van der Waals surface area contributed by atoms with Crippen LogP contribution in [0.1, 0.15) is 26.2 Å². The van der Waals surface area contributed by atoms with Crippen molar-refractivity contribution in [3.63, 3.8) is 0 Å². The second-order valence-corrected chi connectivity index (χ2v) is 5.66. The van der Waals surface area contributed by atoms with Gasteiger partial charge in [0.05, 0.1) is 12.2 Å². The van der Waals surface area contributed by atoms with Gasteiger partial charge >= 0.3 is 5.97 Å². The maximum Gasteiger partial charge on any atom is 0.302 e. The Morgan fingerprint density at radius 2 is 2.13 bits per heavy atom. The quantitative estimate of drug-likeness (QED) is 0.482. The van der Waals surface area contributed by atoms with Crippen LogP contribution in [0.25, 0.3) is 0 Å². The van der Waals surface area contributed by atoms with E-state index in [1.165, 1.54) is 19.8 Å². The van der Waals surface area contributed by atoms with Gasteiger partial charge in [0.2, 0.25) is 0 Å². The molecule has 0 aromatic rings. The highest BCUT2D eigenvalue weighted by atomic mass is 16.6. The highest BCUT2D eigenvalue weighted by molar-refractivity contribution is 5.66. The fourth-order valence-electron chi connectivity index (χ4n) is 4.60. The van der Waals surface area contributed by atoms with E-state index in [1.807, 2.05) is 0 Å². The number of fused-ring (bicyclic) bond motifs is 7. The van der Waals surface area contributed by atoms with E-state index in [1.54, 1.807) is 0 Å². The van der Waals surface area contributed by atoms with Gasteiger partial charge in [-0.3, -0.25) is 4.79 Å². The molecule has 0 amide bonds. The summed E-state index contributed by atoms with van der Waals surface area (Å²) in [5, 5.41) is 0. The number of rotatable bonds is 1. The minimum Gasteiger partial charge on any atom is -0.462 e. The monoisotopic (exact) mass is 208 g/mol. The van der Waals surface area contributed by atoms with Gasteiger partial charge in [0.15, 0.2) is 0 Å². The molecule has 3 saturated carbocycles. The smallest absolute Gasteiger partial charge is 0.302 e. The van der Waals surface area contributed by atoms with Crippen LogP contribution in [-0.2, 0) is 14.3 Å². The van der Waals surface area contributed by atoms with Crippen molar-refractivity contribution in [2.24, 2.45) is 23.7 Å². The molecular weight excluding hydrogens is 192 g/mol. The Bertz CT molecular complexity index is 327. The van der Waals surface area contributed by atoms with Gasteiger partial charge in [0, 0.05) is 12.8 Å². The van der Waals surface area contributed by atoms with Crippen LogP contribution in [0.4, 0.5) is 0 Å². The molecule has 0 unspecified atom stereocenters. The van der Waals surface area contributed by atoms with Crippen LogP contribution >= 0.6 is 0 Å². The Kier molecular flexibility index (Phi) is 1.47. The van der Waals surface area contributed by atoms with Gasteiger partial charge in [-0.1, -0.05) is 0 Å². The number of ether oxygens (including phenoxy) is 2. The predicted octanol–water partition coefficient (Wildman–Crippen LogP) is 1.36. The third-order valence-electron chi connectivity index (χ3n) is 5.00. The highest BCUT2D eigenvalue weighted by Gasteiger charge is 2.67. The number of epoxide rings is 1. The zero-order chi connectivity index (χ0) is 10.2. The SMILES string of the molecule is CC(=O)O[C@@H]1C[C@@H]2C[C@@H]1[C@H]1[C@H]2C[C@H]2O[C@@H]12. The molecule has 1 heterocycles. The normalized spacial score (nSPS) is 58.9. The topological polar surface area (TPSA) is 38.8 Å². The molecule has 0 N–H and O–H groups in total. The van der Waals surface area contributed by atoms with Crippen LogP contribution in [0.3, 0.4) is 0 Å². The number of carbonyl (C=O) groups is 1. The molecule has 7 atom stereocenters. The molecule has 2 bridgehead atoms. The van der Waals surface area contributed by atoms with Gasteiger partial charge in [-0.2, -0.15) is 0 Å². The van der Waals surface area contributed by atoms with E-state index < -0.39 is 0 Å². The Labute approximate surface area is 89.1 Å². The molecule has 1 saturated heterocycles. The van der Waals surface area contributed by atoms with Crippen LogP contribution in [0, 0.1) is 23.7 Å². The molecule has 0 radical (unpaired) electrons. The molecule has 3 nitrogen and oxygen atoms in total. The first-order chi connectivity index (χ1) is 7.24. The van der Waals surface area contributed by atoms with E-state index in [9.17, 15) is 4.79 Å². The third-order valence-corrected chi connectivity index (χ3v) is 5.00. The molecule has 0 aromatic carbocycles. The lowest BCUT2D eigenvalue weighted by Gasteiger charge is -2.31. The first-order valence-electron chi connectivity index (χ1n) is 6.06. The van der Waals surface area contributed by atoms with Gasteiger partial charge < -0.3 is 9.47 Å². The predicted molar refractivity (Wildman–Crippen MR) is 52.0 cm³/mol. The van der Waals surface area contributed by atoms with E-state index >= 15 is 0 Å². The molecule has 4 aliphatic rings. The zero-order valence-corrected chi connectivity index (χ0v) is 8.89. The van der Waals surface area contributed by atoms with E-state index in [0.29, 0.717) is 18.1 Å². The second-order valence-electron chi connectivity index (χ2n) is 5.66. The molecule has 4 rings (SSSR count). The molecule has 3 aliphatic carbocycles. The van der Waals surface area contributed by atoms with Crippen LogP contribution in [0.5, 0.6) is 0 Å². The van der Waals surface area contributed by atoms with Crippen LogP contribution < -0.4 is 0 Å². The maximum absolute atomic E-state index is 11.0. The molecule has 0 spiro atoms. The highest BCUT2D eigenvalue weighted by Crippen LogP contribution is 2.64. The van der Waals surface area contributed by atoms with Crippen LogP contribution in [-0.4, -0.2) is 24.3 Å². The molecule has 3 heteroatoms. The summed E-state index contributed by atoms with van der Waals surface area (Å²) in [5.74, 6) is 2.93. The number of hydrogen-bond acceptors (Lipinski definition) is 3. The average Bonchev–Trinajstić information content (AvgIpc) is 2.58. The second kappa shape index (κ2) is 2.57. The van der Waals surface area contributed by atoms with Crippen LogP contribution in [0.15, 0.2) is 0 Å².